The lowest BCUT2D eigenvalue weighted by molar-refractivity contribution is 0.453. The molecule has 0 aliphatic carbocycles. The van der Waals surface area contributed by atoms with E-state index in [2.05, 4.69) is 17.1 Å². The number of nitrogen functional groups attached to an aromatic ring is 1. The van der Waals surface area contributed by atoms with E-state index < -0.39 is 0 Å². The lowest BCUT2D eigenvalue weighted by Gasteiger charge is -1.90. The highest BCUT2D eigenvalue weighted by atomic mass is 32.1. The van der Waals surface area contributed by atoms with Crippen molar-refractivity contribution in [1.82, 2.24) is 10.1 Å². The average Bonchev–Trinajstić information content (AvgIpc) is 2.96. The van der Waals surface area contributed by atoms with Crippen LogP contribution in [0.2, 0.25) is 0 Å². The number of hydrogen-bond acceptors (Lipinski definition) is 6. The molecular weight excluding hydrogens is 238 g/mol. The Hall–Kier alpha value is -1.82. The molecule has 0 radical (unpaired) electrons. The van der Waals surface area contributed by atoms with E-state index in [4.69, 9.17) is 14.7 Å². The first-order valence-corrected chi connectivity index (χ1v) is 6.11. The van der Waals surface area contributed by atoms with Gasteiger partial charge >= 0.3 is 0 Å². The number of oxazole rings is 1. The normalized spacial score (nSPS) is 11.4. The molecule has 0 bridgehead atoms. The molecule has 0 aromatic carbocycles. The first-order valence-electron chi connectivity index (χ1n) is 5.30. The molecule has 2 N–H and O–H groups in total. The standard InChI is InChI=1S/C11H11N3O2S/c1-3-6-7(12)9-10(17-6)8(14-16-9)11-13-4-5(2)15-11/h4H,3,12H2,1-2H3. The zero-order chi connectivity index (χ0) is 12.0. The number of aryl methyl sites for hydroxylation is 2. The summed E-state index contributed by atoms with van der Waals surface area (Å²) in [5.74, 6) is 1.22. The second-order valence-electron chi connectivity index (χ2n) is 3.76. The van der Waals surface area contributed by atoms with Crippen molar-refractivity contribution in [2.24, 2.45) is 0 Å². The Balaban J connectivity index is 2.24. The molecule has 6 heteroatoms. The van der Waals surface area contributed by atoms with E-state index in [1.54, 1.807) is 17.5 Å². The smallest absolute Gasteiger partial charge is 0.250 e. The quantitative estimate of drug-likeness (QED) is 0.755. The van der Waals surface area contributed by atoms with Crippen LogP contribution in [0.3, 0.4) is 0 Å². The highest BCUT2D eigenvalue weighted by Crippen LogP contribution is 2.39. The molecule has 3 aromatic heterocycles. The fourth-order valence-electron chi connectivity index (χ4n) is 1.72. The fourth-order valence-corrected chi connectivity index (χ4v) is 2.77. The monoisotopic (exact) mass is 249 g/mol. The molecule has 3 rings (SSSR count). The van der Waals surface area contributed by atoms with Gasteiger partial charge in [0, 0.05) is 4.88 Å². The molecule has 0 aliphatic rings. The second-order valence-corrected chi connectivity index (χ2v) is 4.86. The number of nitrogens with two attached hydrogens (primary N) is 1. The van der Waals surface area contributed by atoms with Crippen molar-refractivity contribution in [3.8, 4) is 11.6 Å². The summed E-state index contributed by atoms with van der Waals surface area (Å²) in [6, 6.07) is 0. The van der Waals surface area contributed by atoms with Crippen LogP contribution in [0.25, 0.3) is 21.9 Å². The summed E-state index contributed by atoms with van der Waals surface area (Å²) in [5.41, 5.74) is 7.91. The summed E-state index contributed by atoms with van der Waals surface area (Å²) in [6.07, 6.45) is 2.54. The van der Waals surface area contributed by atoms with Crippen LogP contribution in [0.4, 0.5) is 5.69 Å². The van der Waals surface area contributed by atoms with Gasteiger partial charge in [0.05, 0.1) is 11.9 Å². The number of nitrogens with zero attached hydrogens (tertiary/aromatic N) is 2. The SMILES string of the molecule is CCc1sc2c(-c3ncc(C)o3)noc2c1N. The second kappa shape index (κ2) is 3.59. The zero-order valence-electron chi connectivity index (χ0n) is 9.48. The van der Waals surface area contributed by atoms with Crippen LogP contribution >= 0.6 is 11.3 Å². The van der Waals surface area contributed by atoms with Gasteiger partial charge in [0.1, 0.15) is 10.5 Å². The first kappa shape index (κ1) is 10.3. The Kier molecular flexibility index (Phi) is 2.19. The number of aromatic nitrogens is 2. The Morgan fingerprint density at radius 1 is 1.47 bits per heavy atom. The fraction of sp³-hybridized carbons (Fsp3) is 0.273. The Bertz CT molecular complexity index is 680. The van der Waals surface area contributed by atoms with Crippen LogP contribution in [0, 0.1) is 6.92 Å². The van der Waals surface area contributed by atoms with E-state index in [1.165, 1.54) is 0 Å². The van der Waals surface area contributed by atoms with Gasteiger partial charge in [0.15, 0.2) is 5.69 Å². The van der Waals surface area contributed by atoms with Crippen LogP contribution in [0.1, 0.15) is 17.6 Å². The predicted octanol–water partition coefficient (Wildman–Crippen LogP) is 3.00. The van der Waals surface area contributed by atoms with Gasteiger partial charge in [-0.2, -0.15) is 0 Å². The molecule has 0 unspecified atom stereocenters. The lowest BCUT2D eigenvalue weighted by Crippen LogP contribution is -1.85. The van der Waals surface area contributed by atoms with Gasteiger partial charge in [-0.3, -0.25) is 0 Å². The summed E-state index contributed by atoms with van der Waals surface area (Å²) in [5, 5.41) is 3.97. The maximum atomic E-state index is 5.97. The van der Waals surface area contributed by atoms with Gasteiger partial charge in [0.25, 0.3) is 0 Å². The van der Waals surface area contributed by atoms with Crippen molar-refractivity contribution in [2.75, 3.05) is 5.73 Å². The summed E-state index contributed by atoms with van der Waals surface area (Å²) in [7, 11) is 0. The largest absolute Gasteiger partial charge is 0.440 e. The molecule has 0 saturated carbocycles. The van der Waals surface area contributed by atoms with Gasteiger partial charge in [-0.25, -0.2) is 4.98 Å². The highest BCUT2D eigenvalue weighted by Gasteiger charge is 2.21. The number of anilines is 1. The van der Waals surface area contributed by atoms with Crippen LogP contribution in [-0.2, 0) is 6.42 Å². The first-order chi connectivity index (χ1) is 8.20. The third-order valence-electron chi connectivity index (χ3n) is 2.56. The molecular formula is C11H11N3O2S. The molecule has 17 heavy (non-hydrogen) atoms. The highest BCUT2D eigenvalue weighted by molar-refractivity contribution is 7.20. The van der Waals surface area contributed by atoms with Crippen molar-refractivity contribution < 1.29 is 8.94 Å². The van der Waals surface area contributed by atoms with Gasteiger partial charge in [-0.15, -0.1) is 11.3 Å². The Morgan fingerprint density at radius 2 is 2.29 bits per heavy atom. The van der Waals surface area contributed by atoms with Crippen molar-refractivity contribution in [3.63, 3.8) is 0 Å². The maximum Gasteiger partial charge on any atom is 0.250 e. The van der Waals surface area contributed by atoms with Gasteiger partial charge < -0.3 is 14.7 Å². The minimum atomic E-state index is 0.477. The number of thiophene rings is 1. The molecule has 3 aromatic rings. The van der Waals surface area contributed by atoms with Crippen LogP contribution < -0.4 is 5.73 Å². The van der Waals surface area contributed by atoms with Crippen molar-refractivity contribution in [2.45, 2.75) is 20.3 Å². The molecule has 0 spiro atoms. The number of fused-ring (bicyclic) bond motifs is 1. The minimum absolute atomic E-state index is 0.477. The molecule has 3 heterocycles. The van der Waals surface area contributed by atoms with Crippen LogP contribution in [0.5, 0.6) is 0 Å². The van der Waals surface area contributed by atoms with E-state index in [9.17, 15) is 0 Å². The van der Waals surface area contributed by atoms with Crippen LogP contribution in [-0.4, -0.2) is 10.1 Å². The third kappa shape index (κ3) is 1.44. The van der Waals surface area contributed by atoms with Gasteiger partial charge in [-0.05, 0) is 13.3 Å². The Morgan fingerprint density at radius 3 is 2.94 bits per heavy atom. The molecule has 0 atom stereocenters. The molecule has 0 aliphatic heterocycles. The summed E-state index contributed by atoms with van der Waals surface area (Å²) in [4.78, 5) is 5.25. The average molecular weight is 249 g/mol. The molecule has 5 nitrogen and oxygen atoms in total. The zero-order valence-corrected chi connectivity index (χ0v) is 10.3. The summed E-state index contributed by atoms with van der Waals surface area (Å²) in [6.45, 7) is 3.90. The van der Waals surface area contributed by atoms with E-state index in [0.717, 1.165) is 21.8 Å². The third-order valence-corrected chi connectivity index (χ3v) is 3.90. The van der Waals surface area contributed by atoms with E-state index in [0.29, 0.717) is 22.9 Å². The van der Waals surface area contributed by atoms with Gasteiger partial charge in [0.2, 0.25) is 11.5 Å². The topological polar surface area (TPSA) is 78.1 Å². The molecule has 0 fully saturated rings. The number of rotatable bonds is 2. The van der Waals surface area contributed by atoms with E-state index in [-0.39, 0.29) is 0 Å². The number of hydrogen-bond donors (Lipinski definition) is 1. The summed E-state index contributed by atoms with van der Waals surface area (Å²) < 4.78 is 11.6. The van der Waals surface area contributed by atoms with Crippen molar-refractivity contribution in [1.29, 1.82) is 0 Å². The van der Waals surface area contributed by atoms with Gasteiger partial charge in [-0.1, -0.05) is 12.1 Å². The van der Waals surface area contributed by atoms with Crippen LogP contribution in [0.15, 0.2) is 15.1 Å². The molecule has 0 saturated heterocycles. The van der Waals surface area contributed by atoms with Crippen molar-refractivity contribution in [3.05, 3.63) is 16.8 Å². The van der Waals surface area contributed by atoms with Crippen molar-refractivity contribution >= 4 is 27.3 Å². The van der Waals surface area contributed by atoms with E-state index in [1.807, 2.05) is 6.92 Å². The summed E-state index contributed by atoms with van der Waals surface area (Å²) >= 11 is 1.58. The molecule has 88 valence electrons. The molecule has 0 amide bonds. The Labute approximate surface area is 101 Å². The maximum absolute atomic E-state index is 5.97. The minimum Gasteiger partial charge on any atom is -0.440 e. The van der Waals surface area contributed by atoms with E-state index >= 15 is 0 Å². The lowest BCUT2D eigenvalue weighted by atomic mass is 10.3. The predicted molar refractivity (Wildman–Crippen MR) is 65.9 cm³/mol.